The van der Waals surface area contributed by atoms with Gasteiger partial charge in [0.15, 0.2) is 0 Å². The van der Waals surface area contributed by atoms with Crippen molar-refractivity contribution < 1.29 is 0 Å². The molecule has 0 saturated carbocycles. The van der Waals surface area contributed by atoms with Crippen molar-refractivity contribution in [3.63, 3.8) is 0 Å². The fourth-order valence-corrected chi connectivity index (χ4v) is 3.01. The highest BCUT2D eigenvalue weighted by molar-refractivity contribution is 5.56. The Hall–Kier alpha value is -2.52. The van der Waals surface area contributed by atoms with Gasteiger partial charge in [-0.1, -0.05) is 49.8 Å². The normalized spacial score (nSPS) is 20.4. The van der Waals surface area contributed by atoms with Gasteiger partial charge in [-0.15, -0.1) is 0 Å². The molecule has 2 rings (SSSR count). The third-order valence-corrected chi connectivity index (χ3v) is 4.03. The quantitative estimate of drug-likeness (QED) is 0.843. The van der Waals surface area contributed by atoms with E-state index in [0.717, 1.165) is 24.1 Å². The van der Waals surface area contributed by atoms with Gasteiger partial charge in [0, 0.05) is 11.6 Å². The maximum atomic E-state index is 9.14. The van der Waals surface area contributed by atoms with Crippen molar-refractivity contribution in [3.8, 4) is 12.1 Å². The van der Waals surface area contributed by atoms with Gasteiger partial charge in [-0.25, -0.2) is 0 Å². The smallest absolute Gasteiger partial charge is 0.139 e. The molecule has 2 N–H and O–H groups in total. The molecule has 112 valence electrons. The maximum absolute atomic E-state index is 9.14. The Morgan fingerprint density at radius 1 is 1.18 bits per heavy atom. The molecule has 1 aliphatic carbocycles. The molecule has 1 aromatic rings. The number of hydrogen-bond donors (Lipinski definition) is 1. The Balaban J connectivity index is 2.23. The van der Waals surface area contributed by atoms with Gasteiger partial charge in [0.25, 0.3) is 0 Å². The van der Waals surface area contributed by atoms with Crippen LogP contribution in [-0.2, 0) is 0 Å². The summed E-state index contributed by atoms with van der Waals surface area (Å²) in [6, 6.07) is 11.9. The van der Waals surface area contributed by atoms with Crippen molar-refractivity contribution >= 4 is 11.8 Å². The molecule has 0 saturated heterocycles. The highest BCUT2D eigenvalue weighted by atomic mass is 14.5. The van der Waals surface area contributed by atoms with Crippen LogP contribution in [0.3, 0.4) is 0 Å². The number of rotatable bonds is 3. The van der Waals surface area contributed by atoms with E-state index >= 15 is 0 Å². The molecular weight excluding hydrogens is 270 g/mol. The van der Waals surface area contributed by atoms with E-state index in [9.17, 15) is 0 Å². The molecule has 0 fully saturated rings. The highest BCUT2D eigenvalue weighted by Gasteiger charge is 2.32. The van der Waals surface area contributed by atoms with E-state index in [2.05, 4.69) is 44.2 Å². The molecule has 1 unspecified atom stereocenters. The number of hydrogen-bond acceptors (Lipinski definition) is 3. The number of nitrogens with two attached hydrogens (primary N) is 1. The molecule has 3 nitrogen and oxygen atoms in total. The zero-order valence-electron chi connectivity index (χ0n) is 13.1. The van der Waals surface area contributed by atoms with Gasteiger partial charge in [-0.05, 0) is 36.0 Å². The van der Waals surface area contributed by atoms with Gasteiger partial charge >= 0.3 is 0 Å². The zero-order valence-corrected chi connectivity index (χ0v) is 13.1. The molecule has 22 heavy (non-hydrogen) atoms. The van der Waals surface area contributed by atoms with Crippen LogP contribution in [0.4, 0.5) is 5.69 Å². The van der Waals surface area contributed by atoms with Crippen LogP contribution in [-0.4, -0.2) is 0 Å². The molecule has 0 radical (unpaired) electrons. The van der Waals surface area contributed by atoms with Crippen LogP contribution in [0.15, 0.2) is 42.0 Å². The van der Waals surface area contributed by atoms with E-state index in [4.69, 9.17) is 16.3 Å². The van der Waals surface area contributed by atoms with Crippen LogP contribution >= 0.6 is 0 Å². The largest absolute Gasteiger partial charge is 0.399 e. The first kappa shape index (κ1) is 15.9. The summed E-state index contributed by atoms with van der Waals surface area (Å²) in [5.41, 5.74) is 8.82. The minimum atomic E-state index is -0.570. The summed E-state index contributed by atoms with van der Waals surface area (Å²) < 4.78 is 0. The van der Waals surface area contributed by atoms with Crippen LogP contribution < -0.4 is 5.73 Å². The zero-order chi connectivity index (χ0) is 16.2. The lowest BCUT2D eigenvalue weighted by molar-refractivity contribution is 0.260. The van der Waals surface area contributed by atoms with Crippen LogP contribution in [0.1, 0.15) is 32.3 Å². The number of nitrogen functional groups attached to an aromatic ring is 1. The summed E-state index contributed by atoms with van der Waals surface area (Å²) in [6.45, 7) is 4.38. The number of nitrogens with zero attached hydrogens (tertiary/aromatic N) is 2. The van der Waals surface area contributed by atoms with E-state index in [0.29, 0.717) is 0 Å². The monoisotopic (exact) mass is 291 g/mol. The summed E-state index contributed by atoms with van der Waals surface area (Å²) in [6.07, 6.45) is 8.06. The van der Waals surface area contributed by atoms with Crippen molar-refractivity contribution in [2.24, 2.45) is 17.3 Å². The van der Waals surface area contributed by atoms with Gasteiger partial charge in [0.1, 0.15) is 5.92 Å². The summed E-state index contributed by atoms with van der Waals surface area (Å²) in [5.74, 6) is -0.565. The summed E-state index contributed by atoms with van der Waals surface area (Å²) in [7, 11) is 0. The number of anilines is 1. The number of nitriles is 2. The Bertz CT molecular complexity index is 652. The molecule has 3 heteroatoms. The molecular formula is C19H21N3. The highest BCUT2D eigenvalue weighted by Crippen LogP contribution is 2.41. The predicted molar refractivity (Wildman–Crippen MR) is 89.2 cm³/mol. The van der Waals surface area contributed by atoms with E-state index < -0.39 is 5.92 Å². The first-order valence-electron chi connectivity index (χ1n) is 7.47. The molecule has 0 spiro atoms. The van der Waals surface area contributed by atoms with Crippen molar-refractivity contribution in [2.75, 3.05) is 5.73 Å². The third kappa shape index (κ3) is 3.99. The van der Waals surface area contributed by atoms with Crippen molar-refractivity contribution in [1.82, 2.24) is 0 Å². The fourth-order valence-electron chi connectivity index (χ4n) is 3.01. The second-order valence-corrected chi connectivity index (χ2v) is 6.69. The average Bonchev–Trinajstić information content (AvgIpc) is 2.46. The molecule has 0 aliphatic heterocycles. The number of benzene rings is 1. The molecule has 1 atom stereocenters. The first-order chi connectivity index (χ1) is 10.4. The fraction of sp³-hybridized carbons (Fsp3) is 0.368. The van der Waals surface area contributed by atoms with Crippen LogP contribution in [0.25, 0.3) is 6.08 Å². The lowest BCUT2D eigenvalue weighted by Crippen LogP contribution is -2.25. The molecule has 0 bridgehead atoms. The third-order valence-electron chi connectivity index (χ3n) is 4.03. The summed E-state index contributed by atoms with van der Waals surface area (Å²) in [4.78, 5) is 0. The molecule has 1 aromatic carbocycles. The Labute approximate surface area is 132 Å². The van der Waals surface area contributed by atoms with E-state index in [-0.39, 0.29) is 11.3 Å². The minimum absolute atomic E-state index is 0.00446. The van der Waals surface area contributed by atoms with Gasteiger partial charge in [-0.3, -0.25) is 0 Å². The summed E-state index contributed by atoms with van der Waals surface area (Å²) in [5, 5.41) is 18.3. The minimum Gasteiger partial charge on any atom is -0.399 e. The van der Waals surface area contributed by atoms with E-state index in [1.54, 1.807) is 0 Å². The Kier molecular flexibility index (Phi) is 4.68. The lowest BCUT2D eigenvalue weighted by atomic mass is 9.69. The second-order valence-electron chi connectivity index (χ2n) is 6.69. The first-order valence-corrected chi connectivity index (χ1v) is 7.47. The topological polar surface area (TPSA) is 73.6 Å². The predicted octanol–water partition coefficient (Wildman–Crippen LogP) is 4.31. The molecule has 0 amide bonds. The molecule has 0 heterocycles. The maximum Gasteiger partial charge on any atom is 0.139 e. The molecule has 0 aromatic heterocycles. The van der Waals surface area contributed by atoms with Crippen molar-refractivity contribution in [1.29, 1.82) is 10.5 Å². The van der Waals surface area contributed by atoms with Crippen molar-refractivity contribution in [3.05, 3.63) is 47.6 Å². The number of allylic oxidation sites excluding steroid dienone is 3. The van der Waals surface area contributed by atoms with E-state index in [1.807, 2.05) is 24.3 Å². The van der Waals surface area contributed by atoms with Crippen LogP contribution in [0.2, 0.25) is 0 Å². The standard InChI is InChI=1S/C19H21N3/c1-19(2)10-15(9-16(11-19)17(12-20)13-21)4-3-14-5-7-18(22)8-6-14/h3-9,16-17H,10-11,22H2,1-2H3. The van der Waals surface area contributed by atoms with E-state index in [1.165, 1.54) is 5.57 Å². The lowest BCUT2D eigenvalue weighted by Gasteiger charge is -2.34. The SMILES string of the molecule is CC1(C)CC(C=Cc2ccc(N)cc2)=CC(C(C#N)C#N)C1. The van der Waals surface area contributed by atoms with Crippen LogP contribution in [0.5, 0.6) is 0 Å². The summed E-state index contributed by atoms with van der Waals surface area (Å²) >= 11 is 0. The van der Waals surface area contributed by atoms with Gasteiger partial charge in [0.05, 0.1) is 12.1 Å². The Morgan fingerprint density at radius 3 is 2.41 bits per heavy atom. The van der Waals surface area contributed by atoms with Gasteiger partial charge < -0.3 is 5.73 Å². The molecule has 1 aliphatic rings. The second kappa shape index (κ2) is 6.50. The van der Waals surface area contributed by atoms with Crippen molar-refractivity contribution in [2.45, 2.75) is 26.7 Å². The van der Waals surface area contributed by atoms with Crippen LogP contribution in [0, 0.1) is 39.9 Å². The van der Waals surface area contributed by atoms with Gasteiger partial charge in [0.2, 0.25) is 0 Å². The van der Waals surface area contributed by atoms with Gasteiger partial charge in [-0.2, -0.15) is 10.5 Å². The average molecular weight is 291 g/mol. The Morgan fingerprint density at radius 2 is 1.82 bits per heavy atom.